The van der Waals surface area contributed by atoms with Crippen LogP contribution >= 0.6 is 11.6 Å². The molecule has 1 atom stereocenters. The molecule has 2 fully saturated rings. The van der Waals surface area contributed by atoms with Crippen molar-refractivity contribution in [1.82, 2.24) is 4.90 Å². The van der Waals surface area contributed by atoms with Crippen LogP contribution in [0.25, 0.3) is 0 Å². The minimum Gasteiger partial charge on any atom is -0.367 e. The molecule has 1 saturated heterocycles. The van der Waals surface area contributed by atoms with E-state index >= 15 is 0 Å². The van der Waals surface area contributed by atoms with Crippen molar-refractivity contribution in [2.75, 3.05) is 31.1 Å². The van der Waals surface area contributed by atoms with Crippen LogP contribution < -0.4 is 4.90 Å². The lowest BCUT2D eigenvalue weighted by Crippen LogP contribution is -2.51. The zero-order chi connectivity index (χ0) is 21.1. The summed E-state index contributed by atoms with van der Waals surface area (Å²) in [4.78, 5) is 4.65. The summed E-state index contributed by atoms with van der Waals surface area (Å²) >= 11 is 4.20. The van der Waals surface area contributed by atoms with Crippen LogP contribution in [-0.2, 0) is 16.8 Å². The summed E-state index contributed by atoms with van der Waals surface area (Å²) in [6.45, 7) is 3.48. The highest BCUT2D eigenvalue weighted by molar-refractivity contribution is 7.78. The Hall–Kier alpha value is -1.47. The third kappa shape index (κ3) is 5.22. The number of rotatable bonds is 5. The van der Waals surface area contributed by atoms with E-state index in [0.29, 0.717) is 23.2 Å². The first-order valence-electron chi connectivity index (χ1n) is 10.6. The summed E-state index contributed by atoms with van der Waals surface area (Å²) in [6.07, 6.45) is 4.76. The van der Waals surface area contributed by atoms with E-state index in [2.05, 4.69) is 21.9 Å². The van der Waals surface area contributed by atoms with Gasteiger partial charge in [-0.2, -0.15) is 0 Å². The Labute approximate surface area is 185 Å². The number of hydrogen-bond acceptors (Lipinski definition) is 3. The van der Waals surface area contributed by atoms with E-state index in [1.54, 1.807) is 12.1 Å². The largest absolute Gasteiger partial charge is 0.367 e. The number of halogens is 2. The van der Waals surface area contributed by atoms with Gasteiger partial charge in [0, 0.05) is 37.2 Å². The van der Waals surface area contributed by atoms with Gasteiger partial charge in [-0.1, -0.05) is 29.8 Å². The van der Waals surface area contributed by atoms with Crippen LogP contribution in [0, 0.1) is 5.82 Å². The van der Waals surface area contributed by atoms with Crippen LogP contribution in [0.2, 0.25) is 5.02 Å². The quantitative estimate of drug-likeness (QED) is 0.647. The van der Waals surface area contributed by atoms with E-state index in [4.69, 9.17) is 16.2 Å². The molecule has 2 aromatic rings. The van der Waals surface area contributed by atoms with Gasteiger partial charge < -0.3 is 9.45 Å². The molecule has 2 aliphatic rings. The topological polar surface area (TPSA) is 43.8 Å². The first-order valence-corrected chi connectivity index (χ1v) is 12.3. The number of anilines is 1. The second-order valence-corrected chi connectivity index (χ2v) is 9.70. The van der Waals surface area contributed by atoms with Crippen molar-refractivity contribution in [1.29, 1.82) is 0 Å². The summed E-state index contributed by atoms with van der Waals surface area (Å²) in [5.74, 6) is 0.249. The molecule has 2 aromatic carbocycles. The molecular weight excluding hydrogens is 423 g/mol. The van der Waals surface area contributed by atoms with Crippen LogP contribution in [0.4, 0.5) is 10.1 Å². The van der Waals surface area contributed by atoms with Crippen LogP contribution in [0.15, 0.2) is 42.5 Å². The lowest BCUT2D eigenvalue weighted by Gasteiger charge is -2.42. The van der Waals surface area contributed by atoms with Gasteiger partial charge >= 0.3 is 0 Å². The molecule has 1 heterocycles. The van der Waals surface area contributed by atoms with E-state index in [1.165, 1.54) is 37.3 Å². The first kappa shape index (κ1) is 21.8. The number of benzene rings is 2. The fourth-order valence-electron chi connectivity index (χ4n) is 4.90. The minimum atomic E-state index is -1.95. The van der Waals surface area contributed by atoms with Crippen LogP contribution in [0.1, 0.15) is 42.7 Å². The molecule has 0 radical (unpaired) electrons. The number of nitrogens with zero attached hydrogens (tertiary/aromatic N) is 2. The monoisotopic (exact) mass is 450 g/mol. The number of hydrogen-bond donors (Lipinski definition) is 1. The molecule has 162 valence electrons. The summed E-state index contributed by atoms with van der Waals surface area (Å²) in [6, 6.07) is 13.7. The summed E-state index contributed by atoms with van der Waals surface area (Å²) in [5.41, 5.74) is 2.49. The second-order valence-electron chi connectivity index (χ2n) is 8.34. The molecule has 1 aliphatic heterocycles. The molecule has 0 spiro atoms. The summed E-state index contributed by atoms with van der Waals surface area (Å²) in [5, 5.41) is 0.815. The van der Waals surface area contributed by atoms with Gasteiger partial charge in [-0.25, -0.2) is 8.60 Å². The van der Waals surface area contributed by atoms with Crippen molar-refractivity contribution < 1.29 is 13.2 Å². The van der Waals surface area contributed by atoms with E-state index in [9.17, 15) is 8.60 Å². The highest BCUT2D eigenvalue weighted by Crippen LogP contribution is 2.36. The Bertz CT molecular complexity index is 897. The molecule has 4 rings (SSSR count). The maximum absolute atomic E-state index is 14.5. The molecule has 1 unspecified atom stereocenters. The van der Waals surface area contributed by atoms with E-state index < -0.39 is 11.1 Å². The van der Waals surface area contributed by atoms with Crippen molar-refractivity contribution in [3.63, 3.8) is 0 Å². The van der Waals surface area contributed by atoms with Gasteiger partial charge in [0.05, 0.1) is 11.4 Å². The van der Waals surface area contributed by atoms with Gasteiger partial charge in [-0.05, 0) is 67.0 Å². The molecule has 7 heteroatoms. The van der Waals surface area contributed by atoms with Crippen LogP contribution in [0.3, 0.4) is 0 Å². The van der Waals surface area contributed by atoms with Crippen molar-refractivity contribution in [3.05, 3.63) is 64.4 Å². The maximum Gasteiger partial charge on any atom is 0.157 e. The van der Waals surface area contributed by atoms with Crippen molar-refractivity contribution in [2.24, 2.45) is 0 Å². The first-order chi connectivity index (χ1) is 14.5. The Morgan fingerprint density at radius 2 is 1.77 bits per heavy atom. The smallest absolute Gasteiger partial charge is 0.157 e. The van der Waals surface area contributed by atoms with Crippen LogP contribution in [0.5, 0.6) is 0 Å². The average Bonchev–Trinajstić information content (AvgIpc) is 2.74. The van der Waals surface area contributed by atoms with Crippen molar-refractivity contribution >= 4 is 28.4 Å². The molecule has 30 heavy (non-hydrogen) atoms. The van der Waals surface area contributed by atoms with E-state index in [0.717, 1.165) is 31.2 Å². The van der Waals surface area contributed by atoms with Crippen LogP contribution in [-0.4, -0.2) is 45.9 Å². The SMILES string of the molecule is O=S(O)Cc1ccc(N2CCN(C3CCC(c4cccc(Cl)c4)CC3)CC2)c(F)c1. The molecule has 1 aliphatic carbocycles. The highest BCUT2D eigenvalue weighted by atomic mass is 35.5. The number of piperazine rings is 1. The Balaban J connectivity index is 1.29. The molecule has 0 amide bonds. The molecule has 4 nitrogen and oxygen atoms in total. The standard InChI is InChI=1S/C23H28ClFN2O2S/c24-20-3-1-2-19(15-20)18-5-7-21(8-6-18)26-10-12-27(13-11-26)23-9-4-17(14-22(23)25)16-30(28)29/h1-4,9,14-15,18,21H,5-8,10-13,16H2,(H,28,29). The lowest BCUT2D eigenvalue weighted by molar-refractivity contribution is 0.141. The van der Waals surface area contributed by atoms with Gasteiger partial charge in [0.2, 0.25) is 0 Å². The van der Waals surface area contributed by atoms with Crippen molar-refractivity contribution in [2.45, 2.75) is 43.4 Å². The Morgan fingerprint density at radius 3 is 2.40 bits per heavy atom. The van der Waals surface area contributed by atoms with E-state index in [1.807, 2.05) is 12.1 Å². The average molecular weight is 451 g/mol. The summed E-state index contributed by atoms with van der Waals surface area (Å²) in [7, 11) is 0. The minimum absolute atomic E-state index is 0.0389. The van der Waals surface area contributed by atoms with Gasteiger partial charge in [0.15, 0.2) is 11.1 Å². The lowest BCUT2D eigenvalue weighted by atomic mass is 9.81. The fraction of sp³-hybridized carbons (Fsp3) is 0.478. The molecular formula is C23H28ClFN2O2S. The third-order valence-electron chi connectivity index (χ3n) is 6.49. The predicted molar refractivity (Wildman–Crippen MR) is 121 cm³/mol. The Morgan fingerprint density at radius 1 is 1.03 bits per heavy atom. The van der Waals surface area contributed by atoms with Gasteiger partial charge in [-0.3, -0.25) is 4.90 Å². The zero-order valence-electron chi connectivity index (χ0n) is 17.0. The maximum atomic E-state index is 14.5. The van der Waals surface area contributed by atoms with E-state index in [-0.39, 0.29) is 11.6 Å². The van der Waals surface area contributed by atoms with Gasteiger partial charge in [0.25, 0.3) is 0 Å². The molecule has 1 N–H and O–H groups in total. The highest BCUT2D eigenvalue weighted by Gasteiger charge is 2.29. The molecule has 0 aromatic heterocycles. The summed E-state index contributed by atoms with van der Waals surface area (Å²) < 4.78 is 34.4. The third-order valence-corrected chi connectivity index (χ3v) is 7.31. The molecule has 0 bridgehead atoms. The predicted octanol–water partition coefficient (Wildman–Crippen LogP) is 5.05. The Kier molecular flexibility index (Phi) is 7.08. The molecule has 1 saturated carbocycles. The van der Waals surface area contributed by atoms with Gasteiger partial charge in [0.1, 0.15) is 5.82 Å². The van der Waals surface area contributed by atoms with Gasteiger partial charge in [-0.15, -0.1) is 0 Å². The van der Waals surface area contributed by atoms with Crippen molar-refractivity contribution in [3.8, 4) is 0 Å². The normalized spacial score (nSPS) is 24.0. The fourth-order valence-corrected chi connectivity index (χ4v) is 5.57. The zero-order valence-corrected chi connectivity index (χ0v) is 18.5. The second kappa shape index (κ2) is 9.77.